The van der Waals surface area contributed by atoms with Gasteiger partial charge in [0, 0.05) is 24.7 Å². The van der Waals surface area contributed by atoms with Crippen LogP contribution in [0.15, 0.2) is 15.8 Å². The van der Waals surface area contributed by atoms with Crippen molar-refractivity contribution in [3.8, 4) is 0 Å². The summed E-state index contributed by atoms with van der Waals surface area (Å²) in [5.74, 6) is -2.18. The molecule has 2 heterocycles. The van der Waals surface area contributed by atoms with Crippen LogP contribution in [-0.2, 0) is 14.0 Å². The zero-order valence-corrected chi connectivity index (χ0v) is 19.9. The number of aromatic amines is 1. The molecular formula is C19H30F3N3O6Si. The van der Waals surface area contributed by atoms with E-state index in [-0.39, 0.29) is 17.0 Å². The molecule has 0 aromatic carbocycles. The van der Waals surface area contributed by atoms with E-state index < -0.39 is 62.7 Å². The summed E-state index contributed by atoms with van der Waals surface area (Å²) in [5, 5.41) is 12.0. The average molecular weight is 482 g/mol. The Morgan fingerprint density at radius 1 is 1.38 bits per heavy atom. The average Bonchev–Trinajstić information content (AvgIpc) is 3.03. The molecule has 1 saturated heterocycles. The van der Waals surface area contributed by atoms with Crippen LogP contribution in [0.5, 0.6) is 0 Å². The zero-order valence-electron chi connectivity index (χ0n) is 18.9. The number of alkyl halides is 3. The summed E-state index contributed by atoms with van der Waals surface area (Å²) < 4.78 is 50.8. The zero-order chi connectivity index (χ0) is 24.6. The number of aryl methyl sites for hydroxylation is 1. The van der Waals surface area contributed by atoms with E-state index >= 15 is 0 Å². The standard InChI is InChI=1S/C19H30F3N3O6Si/c1-10-9-25(17(29)24-15(10)27)13-7-12(31-32(5,6)18(2,3)4)14(30-13)11(26)8-23-16(28)19(20,21)22/h9,11-14,26H,7-8H2,1-6H3,(H,23,28)(H,24,27,29)/t11?,12-,13+,14+/m0/s1. The normalized spacial score (nSPS) is 23.2. The number of carbonyl (C=O) groups is 1. The second-order valence-electron chi connectivity index (χ2n) is 9.46. The van der Waals surface area contributed by atoms with Crippen LogP contribution in [-0.4, -0.2) is 59.9 Å². The van der Waals surface area contributed by atoms with Gasteiger partial charge in [0.05, 0.1) is 6.10 Å². The molecule has 1 amide bonds. The van der Waals surface area contributed by atoms with Gasteiger partial charge >= 0.3 is 17.8 Å². The maximum Gasteiger partial charge on any atom is 0.471 e. The minimum absolute atomic E-state index is 0.118. The Kier molecular flexibility index (Phi) is 7.49. The predicted octanol–water partition coefficient (Wildman–Crippen LogP) is 1.56. The molecule has 1 aliphatic rings. The van der Waals surface area contributed by atoms with Crippen molar-refractivity contribution in [1.29, 1.82) is 0 Å². The molecule has 9 nitrogen and oxygen atoms in total. The summed E-state index contributed by atoms with van der Waals surface area (Å²) in [7, 11) is -2.40. The van der Waals surface area contributed by atoms with Crippen molar-refractivity contribution in [2.45, 2.75) is 83.0 Å². The highest BCUT2D eigenvalue weighted by molar-refractivity contribution is 6.74. The fourth-order valence-corrected chi connectivity index (χ4v) is 4.40. The third-order valence-electron chi connectivity index (χ3n) is 5.93. The van der Waals surface area contributed by atoms with Crippen LogP contribution >= 0.6 is 0 Å². The van der Waals surface area contributed by atoms with Gasteiger partial charge in [-0.2, -0.15) is 13.2 Å². The second kappa shape index (κ2) is 9.12. The number of ether oxygens (including phenoxy) is 1. The smallest absolute Gasteiger partial charge is 0.411 e. The van der Waals surface area contributed by atoms with E-state index in [0.717, 1.165) is 4.57 Å². The minimum atomic E-state index is -5.09. The minimum Gasteiger partial charge on any atom is -0.411 e. The molecule has 1 unspecified atom stereocenters. The number of carbonyl (C=O) groups excluding carboxylic acids is 1. The van der Waals surface area contributed by atoms with Gasteiger partial charge in [-0.1, -0.05) is 20.8 Å². The first-order chi connectivity index (χ1) is 14.4. The van der Waals surface area contributed by atoms with Gasteiger partial charge < -0.3 is 19.6 Å². The fourth-order valence-electron chi connectivity index (χ4n) is 3.06. The molecule has 0 spiro atoms. The van der Waals surface area contributed by atoms with Crippen LogP contribution in [0.1, 0.15) is 39.0 Å². The van der Waals surface area contributed by atoms with E-state index in [1.807, 2.05) is 33.9 Å². The van der Waals surface area contributed by atoms with Gasteiger partial charge in [-0.25, -0.2) is 4.79 Å². The van der Waals surface area contributed by atoms with Gasteiger partial charge in [0.25, 0.3) is 5.56 Å². The van der Waals surface area contributed by atoms with Gasteiger partial charge in [-0.15, -0.1) is 0 Å². The van der Waals surface area contributed by atoms with Crippen molar-refractivity contribution in [3.63, 3.8) is 0 Å². The first-order valence-corrected chi connectivity index (χ1v) is 13.0. The molecule has 0 saturated carbocycles. The van der Waals surface area contributed by atoms with Gasteiger partial charge in [-0.05, 0) is 25.1 Å². The van der Waals surface area contributed by atoms with Crippen molar-refractivity contribution < 1.29 is 32.2 Å². The molecule has 2 rings (SSSR count). The second-order valence-corrected chi connectivity index (χ2v) is 14.2. The van der Waals surface area contributed by atoms with E-state index in [4.69, 9.17) is 9.16 Å². The largest absolute Gasteiger partial charge is 0.471 e. The molecule has 1 aliphatic heterocycles. The number of H-pyrrole nitrogens is 1. The highest BCUT2D eigenvalue weighted by atomic mass is 28.4. The Balaban J connectivity index is 2.31. The summed E-state index contributed by atoms with van der Waals surface area (Å²) in [6.45, 7) is 10.7. The van der Waals surface area contributed by atoms with Crippen LogP contribution < -0.4 is 16.6 Å². The topological polar surface area (TPSA) is 123 Å². The summed E-state index contributed by atoms with van der Waals surface area (Å²) in [5.41, 5.74) is -1.02. The summed E-state index contributed by atoms with van der Waals surface area (Å²) >= 11 is 0. The lowest BCUT2D eigenvalue weighted by atomic mass is 10.1. The van der Waals surface area contributed by atoms with E-state index in [0.29, 0.717) is 0 Å². The quantitative estimate of drug-likeness (QED) is 0.530. The van der Waals surface area contributed by atoms with Gasteiger partial charge in [0.2, 0.25) is 0 Å². The molecule has 0 bridgehead atoms. The highest BCUT2D eigenvalue weighted by Gasteiger charge is 2.48. The lowest BCUT2D eigenvalue weighted by molar-refractivity contribution is -0.174. The monoisotopic (exact) mass is 481 g/mol. The third-order valence-corrected chi connectivity index (χ3v) is 10.4. The first-order valence-electron chi connectivity index (χ1n) is 10.1. The van der Waals surface area contributed by atoms with Crippen molar-refractivity contribution >= 4 is 14.2 Å². The van der Waals surface area contributed by atoms with Crippen LogP contribution in [0.25, 0.3) is 0 Å². The molecule has 4 atom stereocenters. The van der Waals surface area contributed by atoms with E-state index in [1.54, 1.807) is 5.32 Å². The highest BCUT2D eigenvalue weighted by Crippen LogP contribution is 2.41. The molecule has 32 heavy (non-hydrogen) atoms. The summed E-state index contributed by atoms with van der Waals surface area (Å²) in [4.78, 5) is 37.3. The van der Waals surface area contributed by atoms with Gasteiger partial charge in [0.1, 0.15) is 18.4 Å². The maximum absolute atomic E-state index is 12.5. The van der Waals surface area contributed by atoms with Crippen LogP contribution in [0, 0.1) is 6.92 Å². The van der Waals surface area contributed by atoms with E-state index in [1.165, 1.54) is 13.1 Å². The van der Waals surface area contributed by atoms with E-state index in [2.05, 4.69) is 4.98 Å². The number of aromatic nitrogens is 2. The van der Waals surface area contributed by atoms with Crippen LogP contribution in [0.3, 0.4) is 0 Å². The SMILES string of the molecule is Cc1cn([C@H]2C[C@H](O[Si](C)(C)C(C)(C)C)[C@@H](C(O)CNC(=O)C(F)(F)F)O2)c(=O)[nH]c1=O. The molecule has 1 aromatic heterocycles. The fraction of sp³-hybridized carbons (Fsp3) is 0.737. The van der Waals surface area contributed by atoms with Crippen molar-refractivity contribution in [2.24, 2.45) is 0 Å². The Labute approximate surface area is 184 Å². The molecule has 13 heteroatoms. The Morgan fingerprint density at radius 3 is 2.50 bits per heavy atom. The lowest BCUT2D eigenvalue weighted by Crippen LogP contribution is -2.51. The number of aliphatic hydroxyl groups excluding tert-OH is 1. The summed E-state index contributed by atoms with van der Waals surface area (Å²) in [6.07, 6.45) is -7.97. The van der Waals surface area contributed by atoms with Crippen molar-refractivity contribution in [2.75, 3.05) is 6.54 Å². The molecule has 0 aliphatic carbocycles. The Bertz CT molecular complexity index is 953. The number of halogens is 3. The number of aliphatic hydroxyl groups is 1. The van der Waals surface area contributed by atoms with Crippen molar-refractivity contribution in [1.82, 2.24) is 14.9 Å². The van der Waals surface area contributed by atoms with Gasteiger partial charge in [-0.3, -0.25) is 19.1 Å². The predicted molar refractivity (Wildman–Crippen MR) is 112 cm³/mol. The maximum atomic E-state index is 12.5. The third kappa shape index (κ3) is 5.88. The Morgan fingerprint density at radius 2 is 1.97 bits per heavy atom. The number of hydrogen-bond acceptors (Lipinski definition) is 6. The number of nitrogens with one attached hydrogen (secondary N) is 2. The molecule has 182 valence electrons. The molecular weight excluding hydrogens is 451 g/mol. The molecule has 0 radical (unpaired) electrons. The number of hydrogen-bond donors (Lipinski definition) is 3. The summed E-state index contributed by atoms with van der Waals surface area (Å²) in [6, 6.07) is 0. The van der Waals surface area contributed by atoms with Crippen molar-refractivity contribution in [3.05, 3.63) is 32.6 Å². The number of amides is 1. The molecule has 1 aromatic rings. The number of nitrogens with zero attached hydrogens (tertiary/aromatic N) is 1. The van der Waals surface area contributed by atoms with Crippen LogP contribution in [0.2, 0.25) is 18.1 Å². The van der Waals surface area contributed by atoms with E-state index in [9.17, 15) is 32.7 Å². The Hall–Kier alpha value is -1.96. The van der Waals surface area contributed by atoms with Crippen LogP contribution in [0.4, 0.5) is 13.2 Å². The van der Waals surface area contributed by atoms with Gasteiger partial charge in [0.15, 0.2) is 8.32 Å². The molecule has 3 N–H and O–H groups in total. The molecule has 1 fully saturated rings. The number of rotatable bonds is 6. The lowest BCUT2D eigenvalue weighted by Gasteiger charge is -2.39. The first kappa shape index (κ1) is 26.3.